The molecule has 0 amide bonds. The first-order valence-corrected chi connectivity index (χ1v) is 12.2. The summed E-state index contributed by atoms with van der Waals surface area (Å²) in [6.45, 7) is 0. The number of nitro benzene ring substituents is 1. The van der Waals surface area contributed by atoms with Crippen LogP contribution < -0.4 is 4.90 Å². The highest BCUT2D eigenvalue weighted by Gasteiger charge is 2.42. The Bertz CT molecular complexity index is 1250. The van der Waals surface area contributed by atoms with Crippen LogP contribution >= 0.6 is 23.1 Å². The Morgan fingerprint density at radius 1 is 1.28 bits per heavy atom. The van der Waals surface area contributed by atoms with Gasteiger partial charge in [-0.25, -0.2) is 9.97 Å². The molecule has 10 heteroatoms. The molecule has 1 aromatic carbocycles. The number of fused-ring (bicyclic) bond motifs is 2. The van der Waals surface area contributed by atoms with Crippen molar-refractivity contribution in [2.45, 2.75) is 42.9 Å². The van der Waals surface area contributed by atoms with E-state index in [9.17, 15) is 15.4 Å². The first kappa shape index (κ1) is 20.8. The second-order valence-electron chi connectivity index (χ2n) is 7.79. The fourth-order valence-electron chi connectivity index (χ4n) is 4.81. The second-order valence-corrected chi connectivity index (χ2v) is 9.56. The third kappa shape index (κ3) is 3.24. The van der Waals surface area contributed by atoms with Gasteiger partial charge in [0.05, 0.1) is 21.1 Å². The van der Waals surface area contributed by atoms with Crippen LogP contribution in [0.25, 0.3) is 21.7 Å². The molecule has 0 radical (unpaired) electrons. The number of thiophene rings is 1. The van der Waals surface area contributed by atoms with E-state index in [1.807, 2.05) is 6.26 Å². The lowest BCUT2D eigenvalue weighted by atomic mass is 9.99. The minimum Gasteiger partial charge on any atom is -0.356 e. The van der Waals surface area contributed by atoms with Crippen LogP contribution in [0.5, 0.6) is 0 Å². The summed E-state index contributed by atoms with van der Waals surface area (Å²) in [7, 11) is 0. The number of nitrogens with zero attached hydrogens (tertiary/aromatic N) is 5. The van der Waals surface area contributed by atoms with E-state index < -0.39 is 16.4 Å². The van der Waals surface area contributed by atoms with Crippen LogP contribution in [-0.4, -0.2) is 33.2 Å². The van der Waals surface area contributed by atoms with Crippen LogP contribution in [0.15, 0.2) is 35.6 Å². The molecule has 162 valence electrons. The molecular weight excluding hydrogens is 449 g/mol. The van der Waals surface area contributed by atoms with Crippen LogP contribution in [0, 0.1) is 27.3 Å². The van der Waals surface area contributed by atoms with E-state index in [0.717, 1.165) is 36.8 Å². The van der Waals surface area contributed by atoms with E-state index in [1.54, 1.807) is 12.3 Å². The molecular formula is C22H18FN5O2S2. The average molecular weight is 468 g/mol. The highest BCUT2D eigenvalue weighted by molar-refractivity contribution is 7.98. The molecule has 2 aliphatic rings. The van der Waals surface area contributed by atoms with Gasteiger partial charge in [0, 0.05) is 35.5 Å². The zero-order chi connectivity index (χ0) is 22.4. The lowest BCUT2D eigenvalue weighted by molar-refractivity contribution is -0.387. The molecule has 0 atom stereocenters. The van der Waals surface area contributed by atoms with Crippen molar-refractivity contribution in [1.82, 2.24) is 9.97 Å². The molecule has 2 bridgehead atoms. The summed E-state index contributed by atoms with van der Waals surface area (Å²) in [5, 5.41) is 22.9. The monoisotopic (exact) mass is 467 g/mol. The second kappa shape index (κ2) is 8.15. The van der Waals surface area contributed by atoms with Gasteiger partial charge in [-0.05, 0) is 38.0 Å². The minimum absolute atomic E-state index is 0.0455. The van der Waals surface area contributed by atoms with Crippen molar-refractivity contribution in [3.63, 3.8) is 0 Å². The topological polar surface area (TPSA) is 96.0 Å². The molecule has 3 aromatic rings. The quantitative estimate of drug-likeness (QED) is 0.207. The third-order valence-corrected chi connectivity index (χ3v) is 7.97. The lowest BCUT2D eigenvalue weighted by Gasteiger charge is -2.23. The summed E-state index contributed by atoms with van der Waals surface area (Å²) >= 11 is 2.80. The van der Waals surface area contributed by atoms with Gasteiger partial charge in [-0.2, -0.15) is 9.65 Å². The van der Waals surface area contributed by atoms with Crippen molar-refractivity contribution in [2.75, 3.05) is 11.2 Å². The van der Waals surface area contributed by atoms with Crippen LogP contribution in [0.2, 0.25) is 0 Å². The predicted molar refractivity (Wildman–Crippen MR) is 122 cm³/mol. The van der Waals surface area contributed by atoms with Gasteiger partial charge in [0.15, 0.2) is 5.16 Å². The first-order chi connectivity index (χ1) is 15.5. The number of nitro groups is 1. The summed E-state index contributed by atoms with van der Waals surface area (Å²) in [6.07, 6.45) is 7.80. The Balaban J connectivity index is 1.79. The van der Waals surface area contributed by atoms with E-state index in [2.05, 4.69) is 20.9 Å². The molecule has 32 heavy (non-hydrogen) atoms. The Labute approximate surface area is 192 Å². The maximum Gasteiger partial charge on any atom is 0.305 e. The highest BCUT2D eigenvalue weighted by Crippen LogP contribution is 2.52. The van der Waals surface area contributed by atoms with Crippen molar-refractivity contribution in [3.05, 3.63) is 52.0 Å². The van der Waals surface area contributed by atoms with Crippen LogP contribution in [0.3, 0.4) is 0 Å². The van der Waals surface area contributed by atoms with Crippen molar-refractivity contribution in [1.29, 1.82) is 5.26 Å². The molecule has 2 aromatic heterocycles. The first-order valence-electron chi connectivity index (χ1n) is 10.2. The molecule has 0 aliphatic carbocycles. The van der Waals surface area contributed by atoms with E-state index in [0.29, 0.717) is 38.9 Å². The summed E-state index contributed by atoms with van der Waals surface area (Å²) in [6, 6.07) is 8.83. The largest absolute Gasteiger partial charge is 0.356 e. The molecule has 2 fully saturated rings. The number of nitriles is 1. The molecule has 2 saturated heterocycles. The van der Waals surface area contributed by atoms with Crippen molar-refractivity contribution in [2.24, 2.45) is 0 Å². The van der Waals surface area contributed by atoms with Crippen LogP contribution in [0.4, 0.5) is 15.1 Å². The van der Waals surface area contributed by atoms with Gasteiger partial charge in [0.25, 0.3) is 0 Å². The van der Waals surface area contributed by atoms with E-state index >= 15 is 4.39 Å². The fraction of sp³-hybridized carbons (Fsp3) is 0.318. The Morgan fingerprint density at radius 2 is 2.00 bits per heavy atom. The van der Waals surface area contributed by atoms with Gasteiger partial charge in [-0.15, -0.1) is 11.3 Å². The summed E-state index contributed by atoms with van der Waals surface area (Å²) in [4.78, 5) is 22.4. The Kier molecular flexibility index (Phi) is 5.31. The maximum atomic E-state index is 15.3. The number of halogens is 1. The van der Waals surface area contributed by atoms with Gasteiger partial charge in [-0.1, -0.05) is 23.9 Å². The SMILES string of the molecule is CSc1nccc(-c2sc(N3C4CCC3CC4)c(C#N)c2-c2cccc([N+](=O)[O-])c2F)n1. The molecule has 4 heterocycles. The number of thioether (sulfide) groups is 1. The standard InChI is InChI=1S/C22H18FN5O2S2/c1-31-22-25-10-9-16(26-22)20-18(14-3-2-4-17(19(14)23)28(29)30)15(11-24)21(32-20)27-12-5-6-13(27)8-7-12/h2-4,9-10,12-13H,5-8H2,1H3. The molecule has 0 saturated carbocycles. The number of rotatable bonds is 5. The maximum absolute atomic E-state index is 15.3. The smallest absolute Gasteiger partial charge is 0.305 e. The lowest BCUT2D eigenvalue weighted by Crippen LogP contribution is -2.27. The van der Waals surface area contributed by atoms with Gasteiger partial charge < -0.3 is 4.90 Å². The summed E-state index contributed by atoms with van der Waals surface area (Å²) in [5.41, 5.74) is 0.728. The molecule has 7 nitrogen and oxygen atoms in total. The van der Waals surface area contributed by atoms with Gasteiger partial charge in [0.1, 0.15) is 11.1 Å². The number of aromatic nitrogens is 2. The molecule has 5 rings (SSSR count). The number of anilines is 1. The molecule has 0 spiro atoms. The van der Waals surface area contributed by atoms with Crippen molar-refractivity contribution in [3.8, 4) is 27.8 Å². The number of hydrogen-bond acceptors (Lipinski definition) is 8. The van der Waals surface area contributed by atoms with E-state index in [4.69, 9.17) is 0 Å². The van der Waals surface area contributed by atoms with Crippen molar-refractivity contribution >= 4 is 33.8 Å². The Hall–Kier alpha value is -3.03. The summed E-state index contributed by atoms with van der Waals surface area (Å²) in [5.74, 6) is -0.942. The zero-order valence-electron chi connectivity index (χ0n) is 17.1. The van der Waals surface area contributed by atoms with E-state index in [1.165, 1.54) is 35.2 Å². The van der Waals surface area contributed by atoms with Gasteiger partial charge in [-0.3, -0.25) is 10.1 Å². The average Bonchev–Trinajstić information content (AvgIpc) is 3.50. The fourth-order valence-corrected chi connectivity index (χ4v) is 6.54. The van der Waals surface area contributed by atoms with Gasteiger partial charge >= 0.3 is 5.69 Å². The van der Waals surface area contributed by atoms with Crippen LogP contribution in [0.1, 0.15) is 31.2 Å². The number of benzene rings is 1. The molecule has 0 N–H and O–H groups in total. The van der Waals surface area contributed by atoms with Crippen LogP contribution in [-0.2, 0) is 0 Å². The van der Waals surface area contributed by atoms with E-state index in [-0.39, 0.29) is 5.56 Å². The third-order valence-electron chi connectivity index (χ3n) is 6.18. The van der Waals surface area contributed by atoms with Gasteiger partial charge in [0.2, 0.25) is 5.82 Å². The Morgan fingerprint density at radius 3 is 2.62 bits per heavy atom. The molecule has 2 aliphatic heterocycles. The summed E-state index contributed by atoms with van der Waals surface area (Å²) < 4.78 is 15.3. The highest BCUT2D eigenvalue weighted by atomic mass is 32.2. The normalized spacial score (nSPS) is 19.3. The van der Waals surface area contributed by atoms with Crippen molar-refractivity contribution < 1.29 is 9.31 Å². The zero-order valence-corrected chi connectivity index (χ0v) is 18.7. The predicted octanol–water partition coefficient (Wildman–Crippen LogP) is 5.64. The number of hydrogen-bond donors (Lipinski definition) is 0. The molecule has 0 unspecified atom stereocenters. The minimum atomic E-state index is -0.942.